The average Bonchev–Trinajstić information content (AvgIpc) is 2.88. The van der Waals surface area contributed by atoms with Gasteiger partial charge in [-0.25, -0.2) is 0 Å². The van der Waals surface area contributed by atoms with Gasteiger partial charge in [-0.2, -0.15) is 0 Å². The summed E-state index contributed by atoms with van der Waals surface area (Å²) in [4.78, 5) is 12.2. The van der Waals surface area contributed by atoms with Crippen LogP contribution in [0.15, 0.2) is 93.7 Å². The van der Waals surface area contributed by atoms with E-state index in [1.165, 1.54) is 67.2 Å². The maximum absolute atomic E-state index is 12.2. The van der Waals surface area contributed by atoms with Gasteiger partial charge in [0.1, 0.15) is 0 Å². The second kappa shape index (κ2) is 16.3. The van der Waals surface area contributed by atoms with Crippen LogP contribution >= 0.6 is 0 Å². The lowest BCUT2D eigenvalue weighted by atomic mass is 9.72. The van der Waals surface area contributed by atoms with Crippen molar-refractivity contribution in [2.45, 2.75) is 133 Å². The van der Waals surface area contributed by atoms with Crippen molar-refractivity contribution in [1.29, 1.82) is 0 Å². The molecule has 1 unspecified atom stereocenters. The fourth-order valence-electron chi connectivity index (χ4n) is 6.28. The molecular formula is C40H60O. The lowest BCUT2D eigenvalue weighted by Crippen LogP contribution is -2.24. The van der Waals surface area contributed by atoms with Gasteiger partial charge in [0.05, 0.1) is 0 Å². The zero-order valence-electron chi connectivity index (χ0n) is 28.3. The number of rotatable bonds is 13. The third-order valence-electron chi connectivity index (χ3n) is 9.31. The number of hydrogen-bond acceptors (Lipinski definition) is 1. The van der Waals surface area contributed by atoms with E-state index in [4.69, 9.17) is 0 Å². The van der Waals surface area contributed by atoms with Crippen LogP contribution in [0.1, 0.15) is 133 Å². The number of ketones is 1. The van der Waals surface area contributed by atoms with E-state index in [-0.39, 0.29) is 5.41 Å². The van der Waals surface area contributed by atoms with Gasteiger partial charge < -0.3 is 0 Å². The molecule has 0 saturated heterocycles. The lowest BCUT2D eigenvalue weighted by Gasteiger charge is -2.32. The number of unbranched alkanes of at least 4 members (excludes halogenated alkanes) is 1. The van der Waals surface area contributed by atoms with Crippen molar-refractivity contribution >= 4 is 5.78 Å². The molecule has 1 nitrogen and oxygen atoms in total. The van der Waals surface area contributed by atoms with Gasteiger partial charge in [-0.1, -0.05) is 118 Å². The highest BCUT2D eigenvalue weighted by Gasteiger charge is 2.30. The molecule has 226 valence electrons. The lowest BCUT2D eigenvalue weighted by molar-refractivity contribution is -0.116. The molecule has 2 rings (SSSR count). The molecule has 0 heterocycles. The standard InChI is InChI=1S/C40H60O/c1-30(18-13-20-32(3)23-25-36-34(5)22-15-28-39(36,7)8)16-11-12-17-31(2)19-14-21-33(4)24-26-37-35(6)38(41)27-29-40(37,9)10/h14,17,19-21,23-26,30H,11-13,15-16,18,22,27-29H2,1-10H3/b19-14+,25-23+,26-24+,31-17+,32-20+,33-21+. The summed E-state index contributed by atoms with van der Waals surface area (Å²) in [6.07, 6.45) is 31.9. The Labute approximate surface area is 254 Å². The van der Waals surface area contributed by atoms with E-state index >= 15 is 0 Å². The molecule has 0 radical (unpaired) electrons. The quantitative estimate of drug-likeness (QED) is 0.163. The first-order valence-electron chi connectivity index (χ1n) is 16.2. The second-order valence-corrected chi connectivity index (χ2v) is 14.2. The van der Waals surface area contributed by atoms with Crippen molar-refractivity contribution in [3.63, 3.8) is 0 Å². The Balaban J connectivity index is 1.74. The van der Waals surface area contributed by atoms with Gasteiger partial charge >= 0.3 is 0 Å². The van der Waals surface area contributed by atoms with Crippen molar-refractivity contribution < 1.29 is 4.79 Å². The summed E-state index contributed by atoms with van der Waals surface area (Å²) >= 11 is 0. The Morgan fingerprint density at radius 3 is 2.10 bits per heavy atom. The van der Waals surface area contributed by atoms with E-state index in [0.29, 0.717) is 17.6 Å². The van der Waals surface area contributed by atoms with Crippen molar-refractivity contribution in [3.8, 4) is 0 Å². The second-order valence-electron chi connectivity index (χ2n) is 14.2. The van der Waals surface area contributed by atoms with Crippen LogP contribution in [-0.4, -0.2) is 5.78 Å². The van der Waals surface area contributed by atoms with Crippen molar-refractivity contribution in [1.82, 2.24) is 0 Å². The van der Waals surface area contributed by atoms with E-state index in [0.717, 1.165) is 24.3 Å². The molecule has 1 heteroatoms. The van der Waals surface area contributed by atoms with Crippen molar-refractivity contribution in [2.24, 2.45) is 16.7 Å². The number of allylic oxidation sites excluding steroid dienone is 16. The van der Waals surface area contributed by atoms with E-state index in [1.807, 2.05) is 6.92 Å². The largest absolute Gasteiger partial charge is 0.295 e. The minimum atomic E-state index is 0.0672. The highest BCUT2D eigenvalue weighted by atomic mass is 16.1. The van der Waals surface area contributed by atoms with Crippen molar-refractivity contribution in [3.05, 3.63) is 93.7 Å². The molecule has 0 aliphatic heterocycles. The molecule has 0 saturated carbocycles. The number of hydrogen-bond donors (Lipinski definition) is 0. The summed E-state index contributed by atoms with van der Waals surface area (Å²) in [5, 5.41) is 0. The normalized spacial score (nSPS) is 21.7. The van der Waals surface area contributed by atoms with Crippen LogP contribution in [-0.2, 0) is 4.79 Å². The zero-order chi connectivity index (χ0) is 30.6. The Hall–Kier alpha value is -2.41. The predicted molar refractivity (Wildman–Crippen MR) is 182 cm³/mol. The maximum atomic E-state index is 12.2. The van der Waals surface area contributed by atoms with Gasteiger partial charge in [0.25, 0.3) is 0 Å². The topological polar surface area (TPSA) is 17.1 Å². The van der Waals surface area contributed by atoms with Crippen LogP contribution in [0.2, 0.25) is 0 Å². The van der Waals surface area contributed by atoms with Crippen LogP contribution < -0.4 is 0 Å². The molecule has 0 amide bonds. The summed E-state index contributed by atoms with van der Waals surface area (Å²) in [6, 6.07) is 0. The molecule has 41 heavy (non-hydrogen) atoms. The van der Waals surface area contributed by atoms with Crippen LogP contribution in [0, 0.1) is 16.7 Å². The first-order valence-corrected chi connectivity index (χ1v) is 16.2. The molecule has 0 bridgehead atoms. The summed E-state index contributed by atoms with van der Waals surface area (Å²) in [5.41, 5.74) is 9.53. The molecule has 0 fully saturated rings. The molecule has 0 N–H and O–H groups in total. The highest BCUT2D eigenvalue weighted by molar-refractivity contribution is 5.97. The first-order chi connectivity index (χ1) is 19.2. The maximum Gasteiger partial charge on any atom is 0.158 e. The molecule has 1 atom stereocenters. The van der Waals surface area contributed by atoms with Gasteiger partial charge in [-0.05, 0) is 119 Å². The average molecular weight is 557 g/mol. The first kappa shape index (κ1) is 34.8. The SMILES string of the molecule is CC1=C(/C=C/C(C)=C/CCC(C)CCC/C=C(C)/C=C/C=C(C)/C=C/C2=C(C)C(=O)CCC2(C)C)C(C)(C)CCC1. The van der Waals surface area contributed by atoms with Gasteiger partial charge in [-0.15, -0.1) is 0 Å². The van der Waals surface area contributed by atoms with Gasteiger partial charge in [0.2, 0.25) is 0 Å². The Morgan fingerprint density at radius 2 is 1.39 bits per heavy atom. The van der Waals surface area contributed by atoms with Crippen LogP contribution in [0.5, 0.6) is 0 Å². The number of carbonyl (C=O) groups excluding carboxylic acids is 1. The summed E-state index contributed by atoms with van der Waals surface area (Å²) in [6.45, 7) is 22.5. The summed E-state index contributed by atoms with van der Waals surface area (Å²) in [7, 11) is 0. The summed E-state index contributed by atoms with van der Waals surface area (Å²) in [5.74, 6) is 1.05. The Kier molecular flexibility index (Phi) is 13.8. The third-order valence-corrected chi connectivity index (χ3v) is 9.31. The molecule has 2 aliphatic rings. The van der Waals surface area contributed by atoms with Crippen molar-refractivity contribution in [2.75, 3.05) is 0 Å². The smallest absolute Gasteiger partial charge is 0.158 e. The third kappa shape index (κ3) is 11.8. The van der Waals surface area contributed by atoms with Crippen LogP contribution in [0.25, 0.3) is 0 Å². The molecule has 2 aliphatic carbocycles. The monoisotopic (exact) mass is 556 g/mol. The molecule has 0 spiro atoms. The Bertz CT molecular complexity index is 1150. The van der Waals surface area contributed by atoms with E-state index < -0.39 is 0 Å². The zero-order valence-corrected chi connectivity index (χ0v) is 28.3. The molecular weight excluding hydrogens is 496 g/mol. The highest BCUT2D eigenvalue weighted by Crippen LogP contribution is 2.41. The molecule has 0 aromatic rings. The Morgan fingerprint density at radius 1 is 0.780 bits per heavy atom. The predicted octanol–water partition coefficient (Wildman–Crippen LogP) is 12.3. The molecule has 0 aromatic heterocycles. The van der Waals surface area contributed by atoms with E-state index in [9.17, 15) is 4.79 Å². The van der Waals surface area contributed by atoms with Gasteiger partial charge in [0.15, 0.2) is 5.78 Å². The minimum absolute atomic E-state index is 0.0672. The van der Waals surface area contributed by atoms with E-state index in [2.05, 4.69) is 117 Å². The number of Topliss-reactive ketones (excluding diaryl/α,β-unsaturated/α-hetero) is 1. The fraction of sp³-hybridized carbons (Fsp3) is 0.575. The van der Waals surface area contributed by atoms with Crippen LogP contribution in [0.4, 0.5) is 0 Å². The number of carbonyl (C=O) groups is 1. The molecule has 0 aromatic carbocycles. The summed E-state index contributed by atoms with van der Waals surface area (Å²) < 4.78 is 0. The van der Waals surface area contributed by atoms with Crippen LogP contribution in [0.3, 0.4) is 0 Å². The van der Waals surface area contributed by atoms with E-state index in [1.54, 1.807) is 11.1 Å². The van der Waals surface area contributed by atoms with Gasteiger partial charge in [0, 0.05) is 6.42 Å². The fourth-order valence-corrected chi connectivity index (χ4v) is 6.28. The minimum Gasteiger partial charge on any atom is -0.295 e. The van der Waals surface area contributed by atoms with Gasteiger partial charge in [-0.3, -0.25) is 4.79 Å².